The molecule has 0 aliphatic carbocycles. The molecule has 2 aromatic rings. The molecule has 0 radical (unpaired) electrons. The first-order valence-electron chi connectivity index (χ1n) is 9.68. The summed E-state index contributed by atoms with van der Waals surface area (Å²) in [6.45, 7) is 7.52. The Labute approximate surface area is 170 Å². The van der Waals surface area contributed by atoms with Crippen LogP contribution in [-0.4, -0.2) is 41.0 Å². The smallest absolute Gasteiger partial charge is 0.274 e. The van der Waals surface area contributed by atoms with E-state index in [0.29, 0.717) is 22.3 Å². The highest BCUT2D eigenvalue weighted by molar-refractivity contribution is 6.33. The number of benzene rings is 1. The quantitative estimate of drug-likeness (QED) is 0.818. The normalized spacial score (nSPS) is 16.2. The third-order valence-electron chi connectivity index (χ3n) is 5.20. The Morgan fingerprint density at radius 2 is 1.93 bits per heavy atom. The van der Waals surface area contributed by atoms with Gasteiger partial charge in [0, 0.05) is 24.7 Å². The number of carbonyl (C=O) groups excluding carboxylic acids is 2. The predicted molar refractivity (Wildman–Crippen MR) is 108 cm³/mol. The Kier molecular flexibility index (Phi) is 6.39. The highest BCUT2D eigenvalue weighted by Crippen LogP contribution is 2.28. The molecule has 28 heavy (non-hydrogen) atoms. The van der Waals surface area contributed by atoms with Crippen LogP contribution >= 0.6 is 11.6 Å². The number of carbonyl (C=O) groups is 2. The van der Waals surface area contributed by atoms with Gasteiger partial charge in [-0.3, -0.25) is 9.59 Å². The minimum absolute atomic E-state index is 0.0364. The van der Waals surface area contributed by atoms with Crippen LogP contribution in [0.25, 0.3) is 11.3 Å². The van der Waals surface area contributed by atoms with E-state index < -0.39 is 11.9 Å². The zero-order valence-corrected chi connectivity index (χ0v) is 17.2. The van der Waals surface area contributed by atoms with Gasteiger partial charge < -0.3 is 14.7 Å². The van der Waals surface area contributed by atoms with Crippen molar-refractivity contribution in [1.82, 2.24) is 15.4 Å². The average Bonchev–Trinajstić information content (AvgIpc) is 3.16. The van der Waals surface area contributed by atoms with Crippen molar-refractivity contribution in [3.8, 4) is 11.3 Å². The van der Waals surface area contributed by atoms with Gasteiger partial charge in [-0.25, -0.2) is 0 Å². The number of amides is 2. The molecule has 1 aliphatic rings. The fourth-order valence-electron chi connectivity index (χ4n) is 3.32. The van der Waals surface area contributed by atoms with Crippen LogP contribution in [0.5, 0.6) is 0 Å². The monoisotopic (exact) mass is 403 g/mol. The number of rotatable bonds is 5. The maximum atomic E-state index is 12.9. The largest absolute Gasteiger partial charge is 0.355 e. The first kappa shape index (κ1) is 20.4. The van der Waals surface area contributed by atoms with E-state index in [4.69, 9.17) is 16.1 Å². The first-order valence-corrected chi connectivity index (χ1v) is 10.1. The molecule has 6 nitrogen and oxygen atoms in total. The van der Waals surface area contributed by atoms with E-state index in [1.54, 1.807) is 18.2 Å². The van der Waals surface area contributed by atoms with Gasteiger partial charge in [0.25, 0.3) is 5.91 Å². The lowest BCUT2D eigenvalue weighted by Gasteiger charge is -2.34. The lowest BCUT2D eigenvalue weighted by molar-refractivity contribution is -0.135. The second-order valence-electron chi connectivity index (χ2n) is 7.76. The molecule has 2 heterocycles. The summed E-state index contributed by atoms with van der Waals surface area (Å²) < 4.78 is 5.29. The molecule has 1 unspecified atom stereocenters. The van der Waals surface area contributed by atoms with Gasteiger partial charge in [0.2, 0.25) is 5.91 Å². The van der Waals surface area contributed by atoms with Gasteiger partial charge in [0.05, 0.1) is 5.02 Å². The van der Waals surface area contributed by atoms with Crippen LogP contribution in [0.1, 0.15) is 44.1 Å². The molecule has 7 heteroatoms. The number of piperidine rings is 1. The lowest BCUT2D eigenvalue weighted by Crippen LogP contribution is -2.52. The van der Waals surface area contributed by atoms with Crippen molar-refractivity contribution in [3.63, 3.8) is 0 Å². The van der Waals surface area contributed by atoms with Crippen LogP contribution in [0.3, 0.4) is 0 Å². The van der Waals surface area contributed by atoms with Gasteiger partial charge in [0.1, 0.15) is 6.04 Å². The van der Waals surface area contributed by atoms with Gasteiger partial charge in [-0.2, -0.15) is 0 Å². The van der Waals surface area contributed by atoms with Crippen molar-refractivity contribution in [2.45, 2.75) is 39.7 Å². The number of nitrogens with zero attached hydrogens (tertiary/aromatic N) is 2. The fourth-order valence-corrected chi connectivity index (χ4v) is 3.55. The molecule has 1 fully saturated rings. The molecule has 1 aromatic heterocycles. The van der Waals surface area contributed by atoms with E-state index >= 15 is 0 Å². The summed E-state index contributed by atoms with van der Waals surface area (Å²) in [5.41, 5.74) is 0.787. The van der Waals surface area contributed by atoms with Crippen molar-refractivity contribution < 1.29 is 14.1 Å². The van der Waals surface area contributed by atoms with Crippen LogP contribution in [0, 0.1) is 11.8 Å². The summed E-state index contributed by atoms with van der Waals surface area (Å²) in [5, 5.41) is 7.21. The molecule has 1 N–H and O–H groups in total. The van der Waals surface area contributed by atoms with Crippen molar-refractivity contribution in [1.29, 1.82) is 0 Å². The predicted octanol–water partition coefficient (Wildman–Crippen LogP) is 4.01. The molecule has 0 bridgehead atoms. The topological polar surface area (TPSA) is 75.4 Å². The third kappa shape index (κ3) is 4.55. The maximum Gasteiger partial charge on any atom is 0.274 e. The molecule has 1 atom stereocenters. The van der Waals surface area contributed by atoms with Gasteiger partial charge >= 0.3 is 0 Å². The number of hydrogen-bond donors (Lipinski definition) is 1. The molecule has 150 valence electrons. The van der Waals surface area contributed by atoms with Crippen LogP contribution < -0.4 is 5.32 Å². The standard InChI is InChI=1S/C21H26ClN3O3/c1-13(2)19(21(27)25-10-8-14(3)9-11-25)23-20(26)17-12-18(28-24-17)15-6-4-5-7-16(15)22/h4-7,12-14,19H,8-11H2,1-3H3,(H,23,26). The van der Waals surface area contributed by atoms with Crippen molar-refractivity contribution in [2.24, 2.45) is 11.8 Å². The summed E-state index contributed by atoms with van der Waals surface area (Å²) in [7, 11) is 0. The maximum absolute atomic E-state index is 12.9. The molecule has 3 rings (SSSR count). The SMILES string of the molecule is CC1CCN(C(=O)C(NC(=O)c2cc(-c3ccccc3Cl)on2)C(C)C)CC1. The van der Waals surface area contributed by atoms with Crippen molar-refractivity contribution >= 4 is 23.4 Å². The zero-order valence-electron chi connectivity index (χ0n) is 16.4. The second kappa shape index (κ2) is 8.78. The fraction of sp³-hybridized carbons (Fsp3) is 0.476. The molecule has 1 aromatic carbocycles. The minimum atomic E-state index is -0.596. The van der Waals surface area contributed by atoms with Gasteiger partial charge in [-0.15, -0.1) is 0 Å². The van der Waals surface area contributed by atoms with Crippen molar-refractivity contribution in [3.05, 3.63) is 41.0 Å². The summed E-state index contributed by atoms with van der Waals surface area (Å²) in [6, 6.07) is 8.13. The zero-order chi connectivity index (χ0) is 20.3. The highest BCUT2D eigenvalue weighted by Gasteiger charge is 2.31. The van der Waals surface area contributed by atoms with E-state index in [-0.39, 0.29) is 17.5 Å². The van der Waals surface area contributed by atoms with E-state index in [9.17, 15) is 9.59 Å². The van der Waals surface area contributed by atoms with Crippen LogP contribution in [0.4, 0.5) is 0 Å². The molecular weight excluding hydrogens is 378 g/mol. The number of aromatic nitrogens is 1. The summed E-state index contributed by atoms with van der Waals surface area (Å²) >= 11 is 6.17. The lowest BCUT2D eigenvalue weighted by atomic mass is 9.96. The number of halogens is 1. The van der Waals surface area contributed by atoms with Gasteiger partial charge in [-0.1, -0.05) is 49.7 Å². The van der Waals surface area contributed by atoms with Crippen molar-refractivity contribution in [2.75, 3.05) is 13.1 Å². The Balaban J connectivity index is 1.71. The molecule has 2 amide bonds. The van der Waals surface area contributed by atoms with E-state index in [2.05, 4.69) is 17.4 Å². The average molecular weight is 404 g/mol. The second-order valence-corrected chi connectivity index (χ2v) is 8.17. The molecule has 1 saturated heterocycles. The third-order valence-corrected chi connectivity index (χ3v) is 5.53. The van der Waals surface area contributed by atoms with Crippen LogP contribution in [0.2, 0.25) is 5.02 Å². The van der Waals surface area contributed by atoms with E-state index in [1.807, 2.05) is 30.9 Å². The van der Waals surface area contributed by atoms with Crippen LogP contribution in [-0.2, 0) is 4.79 Å². The Hall–Kier alpha value is -2.34. The highest BCUT2D eigenvalue weighted by atomic mass is 35.5. The molecular formula is C21H26ClN3O3. The van der Waals surface area contributed by atoms with E-state index in [1.165, 1.54) is 0 Å². The number of likely N-dealkylation sites (tertiary alicyclic amines) is 1. The van der Waals surface area contributed by atoms with Crippen LogP contribution in [0.15, 0.2) is 34.9 Å². The minimum Gasteiger partial charge on any atom is -0.355 e. The molecule has 1 aliphatic heterocycles. The Morgan fingerprint density at radius 3 is 2.57 bits per heavy atom. The molecule has 0 saturated carbocycles. The Bertz CT molecular complexity index is 841. The summed E-state index contributed by atoms with van der Waals surface area (Å²) in [5.74, 6) is 0.540. The molecule has 0 spiro atoms. The van der Waals surface area contributed by atoms with E-state index in [0.717, 1.165) is 25.9 Å². The summed E-state index contributed by atoms with van der Waals surface area (Å²) in [4.78, 5) is 27.5. The summed E-state index contributed by atoms with van der Waals surface area (Å²) in [6.07, 6.45) is 1.99. The number of hydrogen-bond acceptors (Lipinski definition) is 4. The van der Waals surface area contributed by atoms with Gasteiger partial charge in [-0.05, 0) is 36.8 Å². The number of nitrogens with one attached hydrogen (secondary N) is 1. The Morgan fingerprint density at radius 1 is 1.25 bits per heavy atom. The first-order chi connectivity index (χ1) is 13.4. The van der Waals surface area contributed by atoms with Gasteiger partial charge in [0.15, 0.2) is 11.5 Å².